The van der Waals surface area contributed by atoms with Gasteiger partial charge < -0.3 is 19.5 Å². The first-order valence-electron chi connectivity index (χ1n) is 11.8. The Labute approximate surface area is 203 Å². The number of piperazine rings is 1. The molecule has 0 aliphatic carbocycles. The molecule has 2 aliphatic rings. The van der Waals surface area contributed by atoms with Crippen LogP contribution in [0.4, 0.5) is 0 Å². The van der Waals surface area contributed by atoms with E-state index >= 15 is 0 Å². The van der Waals surface area contributed by atoms with Crippen LogP contribution in [-0.4, -0.2) is 106 Å². The zero-order valence-corrected chi connectivity index (χ0v) is 21.6. The van der Waals surface area contributed by atoms with E-state index < -0.39 is 10.2 Å². The molecule has 1 N–H and O–H groups in total. The first kappa shape index (κ1) is 26.7. The molecule has 1 amide bonds. The minimum atomic E-state index is -3.54. The van der Waals surface area contributed by atoms with E-state index in [0.29, 0.717) is 63.7 Å². The summed E-state index contributed by atoms with van der Waals surface area (Å²) in [6.45, 7) is 8.64. The lowest BCUT2D eigenvalue weighted by Crippen LogP contribution is -2.59. The maximum Gasteiger partial charge on any atom is 0.282 e. The molecule has 2 aliphatic heterocycles. The Hall–Kier alpha value is -1.92. The third-order valence-corrected chi connectivity index (χ3v) is 8.37. The number of carbonyl (C=O) groups excluding carboxylic acids is 1. The Morgan fingerprint density at radius 1 is 1.06 bits per heavy atom. The number of hydrogen-bond donors (Lipinski definition) is 1. The van der Waals surface area contributed by atoms with E-state index in [-0.39, 0.29) is 24.2 Å². The van der Waals surface area contributed by atoms with Gasteiger partial charge in [0, 0.05) is 45.8 Å². The standard InChI is InChI=1S/C23H38N4O6S/c1-17-15-27(16-18(2)33-17)34(29,30)26-12-10-25(11-13-26)19(3)23(28)24-9-8-20-6-7-21(31-4)22(14-20)32-5/h6-7,14,17-19H,8-13,15-16H2,1-5H3,(H,24,28). The summed E-state index contributed by atoms with van der Waals surface area (Å²) in [5.74, 6) is 1.27. The minimum absolute atomic E-state index is 0.0624. The van der Waals surface area contributed by atoms with Gasteiger partial charge in [-0.2, -0.15) is 17.0 Å². The molecule has 0 radical (unpaired) electrons. The van der Waals surface area contributed by atoms with Crippen LogP contribution in [0, 0.1) is 0 Å². The molecule has 2 fully saturated rings. The van der Waals surface area contributed by atoms with Crippen LogP contribution in [0.1, 0.15) is 26.3 Å². The summed E-state index contributed by atoms with van der Waals surface area (Å²) in [6.07, 6.45) is 0.423. The molecule has 11 heteroatoms. The fourth-order valence-electron chi connectivity index (χ4n) is 4.48. The number of nitrogens with zero attached hydrogens (tertiary/aromatic N) is 3. The smallest absolute Gasteiger partial charge is 0.282 e. The molecule has 10 nitrogen and oxygen atoms in total. The van der Waals surface area contributed by atoms with Crippen molar-refractivity contribution >= 4 is 16.1 Å². The topological polar surface area (TPSA) is 101 Å². The third kappa shape index (κ3) is 6.39. The molecule has 1 aromatic carbocycles. The lowest BCUT2D eigenvalue weighted by Gasteiger charge is -2.41. The van der Waals surface area contributed by atoms with Gasteiger partial charge in [-0.05, 0) is 44.9 Å². The van der Waals surface area contributed by atoms with Crippen LogP contribution < -0.4 is 14.8 Å². The van der Waals surface area contributed by atoms with Crippen LogP contribution >= 0.6 is 0 Å². The van der Waals surface area contributed by atoms with Crippen molar-refractivity contribution in [3.05, 3.63) is 23.8 Å². The SMILES string of the molecule is COc1ccc(CCNC(=O)C(C)N2CCN(S(=O)(=O)N3CC(C)OC(C)C3)CC2)cc1OC. The van der Waals surface area contributed by atoms with Crippen molar-refractivity contribution in [2.45, 2.75) is 45.4 Å². The molecule has 3 rings (SSSR count). The second-order valence-corrected chi connectivity index (χ2v) is 10.9. The summed E-state index contributed by atoms with van der Waals surface area (Å²) in [5.41, 5.74) is 1.04. The van der Waals surface area contributed by atoms with Crippen LogP contribution in [0.2, 0.25) is 0 Å². The van der Waals surface area contributed by atoms with E-state index in [1.165, 1.54) is 8.61 Å². The Bertz CT molecular complexity index is 925. The first-order chi connectivity index (χ1) is 16.1. The van der Waals surface area contributed by atoms with Gasteiger partial charge in [0.2, 0.25) is 5.91 Å². The van der Waals surface area contributed by atoms with E-state index in [2.05, 4.69) is 5.32 Å². The number of amides is 1. The van der Waals surface area contributed by atoms with Crippen molar-refractivity contribution in [3.63, 3.8) is 0 Å². The van der Waals surface area contributed by atoms with Crippen molar-refractivity contribution < 1.29 is 27.4 Å². The second-order valence-electron chi connectivity index (χ2n) is 8.92. The van der Waals surface area contributed by atoms with Crippen LogP contribution in [-0.2, 0) is 26.2 Å². The predicted octanol–water partition coefficient (Wildman–Crippen LogP) is 0.723. The van der Waals surface area contributed by atoms with Crippen molar-refractivity contribution in [1.29, 1.82) is 0 Å². The minimum Gasteiger partial charge on any atom is -0.493 e. The molecule has 2 saturated heterocycles. The van der Waals surface area contributed by atoms with Gasteiger partial charge >= 0.3 is 0 Å². The number of morpholine rings is 1. The van der Waals surface area contributed by atoms with Gasteiger partial charge in [-0.1, -0.05) is 6.07 Å². The Kier molecular flexibility index (Phi) is 9.16. The number of carbonyl (C=O) groups is 1. The van der Waals surface area contributed by atoms with E-state index in [1.54, 1.807) is 14.2 Å². The molecule has 0 aromatic heterocycles. The summed E-state index contributed by atoms with van der Waals surface area (Å²) in [6, 6.07) is 5.37. The van der Waals surface area contributed by atoms with Crippen LogP contribution in [0.3, 0.4) is 0 Å². The Balaban J connectivity index is 1.46. The zero-order valence-electron chi connectivity index (χ0n) is 20.8. The van der Waals surface area contributed by atoms with Crippen LogP contribution in [0.5, 0.6) is 11.5 Å². The van der Waals surface area contributed by atoms with Gasteiger partial charge in [0.05, 0.1) is 32.5 Å². The highest BCUT2D eigenvalue weighted by molar-refractivity contribution is 7.86. The van der Waals surface area contributed by atoms with Crippen LogP contribution in [0.25, 0.3) is 0 Å². The maximum atomic E-state index is 13.1. The average molecular weight is 499 g/mol. The van der Waals surface area contributed by atoms with Gasteiger partial charge in [0.25, 0.3) is 10.2 Å². The predicted molar refractivity (Wildman–Crippen MR) is 129 cm³/mol. The number of nitrogens with one attached hydrogen (secondary N) is 1. The average Bonchev–Trinajstić information content (AvgIpc) is 2.82. The normalized spacial score (nSPS) is 23.9. The molecule has 3 atom stereocenters. The highest BCUT2D eigenvalue weighted by Crippen LogP contribution is 2.27. The van der Waals surface area contributed by atoms with Gasteiger partial charge in [-0.15, -0.1) is 0 Å². The number of benzene rings is 1. The lowest BCUT2D eigenvalue weighted by molar-refractivity contribution is -0.126. The zero-order chi connectivity index (χ0) is 24.9. The van der Waals surface area contributed by atoms with Gasteiger partial charge in [0.1, 0.15) is 0 Å². The molecule has 1 aromatic rings. The third-order valence-electron chi connectivity index (χ3n) is 6.40. The monoisotopic (exact) mass is 498 g/mol. The summed E-state index contributed by atoms with van der Waals surface area (Å²) < 4.78 is 45.5. The van der Waals surface area contributed by atoms with Crippen LogP contribution in [0.15, 0.2) is 18.2 Å². The molecule has 0 saturated carbocycles. The summed E-state index contributed by atoms with van der Waals surface area (Å²) in [7, 11) is -0.345. The molecule has 34 heavy (non-hydrogen) atoms. The van der Waals surface area contributed by atoms with E-state index in [4.69, 9.17) is 14.2 Å². The number of rotatable bonds is 9. The largest absolute Gasteiger partial charge is 0.493 e. The number of methoxy groups -OCH3 is 2. The lowest BCUT2D eigenvalue weighted by atomic mass is 10.1. The molecular formula is C23H38N4O6S. The maximum absolute atomic E-state index is 13.1. The van der Waals surface area contributed by atoms with Gasteiger partial charge in [-0.25, -0.2) is 0 Å². The first-order valence-corrected chi connectivity index (χ1v) is 13.2. The Morgan fingerprint density at radius 3 is 2.26 bits per heavy atom. The van der Waals surface area contributed by atoms with E-state index in [9.17, 15) is 13.2 Å². The van der Waals surface area contributed by atoms with Crippen molar-refractivity contribution in [2.75, 3.05) is 60.0 Å². The molecular weight excluding hydrogens is 460 g/mol. The fourth-order valence-corrected chi connectivity index (χ4v) is 6.23. The molecule has 192 valence electrons. The molecule has 3 unspecified atom stereocenters. The van der Waals surface area contributed by atoms with E-state index in [1.807, 2.05) is 43.9 Å². The quantitative estimate of drug-likeness (QED) is 0.536. The van der Waals surface area contributed by atoms with Crippen molar-refractivity contribution in [2.24, 2.45) is 0 Å². The fraction of sp³-hybridized carbons (Fsp3) is 0.696. The second kappa shape index (κ2) is 11.7. The highest BCUT2D eigenvalue weighted by atomic mass is 32.2. The molecule has 0 spiro atoms. The summed E-state index contributed by atoms with van der Waals surface area (Å²) in [5, 5.41) is 2.99. The van der Waals surface area contributed by atoms with Crippen molar-refractivity contribution in [1.82, 2.24) is 18.8 Å². The number of hydrogen-bond acceptors (Lipinski definition) is 7. The van der Waals surface area contributed by atoms with Crippen molar-refractivity contribution in [3.8, 4) is 11.5 Å². The number of ether oxygens (including phenoxy) is 3. The van der Waals surface area contributed by atoms with Gasteiger partial charge in [-0.3, -0.25) is 9.69 Å². The highest BCUT2D eigenvalue weighted by Gasteiger charge is 2.37. The molecule has 2 heterocycles. The van der Waals surface area contributed by atoms with E-state index in [0.717, 1.165) is 5.56 Å². The Morgan fingerprint density at radius 2 is 1.68 bits per heavy atom. The van der Waals surface area contributed by atoms with Gasteiger partial charge in [0.15, 0.2) is 11.5 Å². The summed E-state index contributed by atoms with van der Waals surface area (Å²) >= 11 is 0. The molecule has 0 bridgehead atoms. The summed E-state index contributed by atoms with van der Waals surface area (Å²) in [4.78, 5) is 14.7.